The molecule has 2 atom stereocenters. The summed E-state index contributed by atoms with van der Waals surface area (Å²) in [7, 11) is 3.90. The lowest BCUT2D eigenvalue weighted by Crippen LogP contribution is -2.61. The lowest BCUT2D eigenvalue weighted by Gasteiger charge is -2.47. The molecular formula is C31H23ClN2O4. The molecular weight excluding hydrogens is 500 g/mol. The highest BCUT2D eigenvalue weighted by Gasteiger charge is 2.51. The largest absolute Gasteiger partial charge is 0.478 e. The van der Waals surface area contributed by atoms with Gasteiger partial charge in [0.15, 0.2) is 11.6 Å². The number of hydrogen-bond donors (Lipinski definition) is 0. The number of benzene rings is 4. The molecule has 1 heterocycles. The number of anilines is 2. The number of β-lactam (4-membered cyclic amide) rings is 1. The van der Waals surface area contributed by atoms with E-state index in [1.807, 2.05) is 43.3 Å². The van der Waals surface area contributed by atoms with Gasteiger partial charge in [0.05, 0.1) is 0 Å². The van der Waals surface area contributed by atoms with Crippen LogP contribution in [0.2, 0.25) is 5.02 Å². The first-order chi connectivity index (χ1) is 18.3. The summed E-state index contributed by atoms with van der Waals surface area (Å²) in [6, 6.07) is 26.0. The maximum atomic E-state index is 13.4. The highest BCUT2D eigenvalue weighted by Crippen LogP contribution is 2.43. The van der Waals surface area contributed by atoms with E-state index < -0.39 is 12.1 Å². The molecule has 4 aromatic rings. The quantitative estimate of drug-likeness (QED) is 0.276. The third kappa shape index (κ3) is 3.85. The van der Waals surface area contributed by atoms with Crippen molar-refractivity contribution in [3.05, 3.63) is 124 Å². The summed E-state index contributed by atoms with van der Waals surface area (Å²) in [5.41, 5.74) is 3.91. The van der Waals surface area contributed by atoms with Crippen molar-refractivity contribution in [1.29, 1.82) is 0 Å². The monoisotopic (exact) mass is 522 g/mol. The number of nitrogens with zero attached hydrogens (tertiary/aromatic N) is 2. The summed E-state index contributed by atoms with van der Waals surface area (Å²) >= 11 is 6.02. The SMILES string of the molecule is CN(C)c1ccc(N2C(=O)[C@@H](Oc3ccc(Cl)cc3)[C@H]2c2ccc3c(c2)C(=O)c2ccccc2C3=O)cc1. The molecule has 1 aliphatic carbocycles. The van der Waals surface area contributed by atoms with E-state index in [2.05, 4.69) is 0 Å². The van der Waals surface area contributed by atoms with Gasteiger partial charge in [0, 0.05) is 52.7 Å². The standard InChI is InChI=1S/C31H23ClN2O4/c1-33(2)20-10-12-21(13-11-20)34-27(30(31(34)37)38-22-14-8-19(32)9-15-22)18-7-16-25-26(17-18)29(36)24-6-4-3-5-23(24)28(25)35/h3-17,27,30H,1-2H3/t27-,30+/m1/s1. The van der Waals surface area contributed by atoms with Crippen LogP contribution in [0.4, 0.5) is 11.4 Å². The van der Waals surface area contributed by atoms with Crippen molar-refractivity contribution in [2.75, 3.05) is 23.9 Å². The summed E-state index contributed by atoms with van der Waals surface area (Å²) in [4.78, 5) is 43.6. The van der Waals surface area contributed by atoms with E-state index in [0.717, 1.165) is 5.69 Å². The normalized spacial score (nSPS) is 18.0. The van der Waals surface area contributed by atoms with Gasteiger partial charge in [0.1, 0.15) is 11.8 Å². The van der Waals surface area contributed by atoms with E-state index in [1.54, 1.807) is 71.6 Å². The molecule has 0 spiro atoms. The Morgan fingerprint density at radius 1 is 0.737 bits per heavy atom. The molecule has 2 aliphatic rings. The van der Waals surface area contributed by atoms with Crippen LogP contribution in [-0.4, -0.2) is 37.7 Å². The first-order valence-corrected chi connectivity index (χ1v) is 12.6. The molecule has 1 aliphatic heterocycles. The number of carbonyl (C=O) groups excluding carboxylic acids is 3. The van der Waals surface area contributed by atoms with Crippen LogP contribution in [-0.2, 0) is 4.79 Å². The van der Waals surface area contributed by atoms with Crippen LogP contribution >= 0.6 is 11.6 Å². The van der Waals surface area contributed by atoms with Crippen molar-refractivity contribution < 1.29 is 19.1 Å². The minimum absolute atomic E-state index is 0.184. The molecule has 0 aromatic heterocycles. The van der Waals surface area contributed by atoms with Crippen molar-refractivity contribution in [2.24, 2.45) is 0 Å². The molecule has 1 saturated heterocycles. The Balaban J connectivity index is 1.41. The average Bonchev–Trinajstić information content (AvgIpc) is 2.94. The number of ketones is 2. The van der Waals surface area contributed by atoms with Gasteiger partial charge in [-0.05, 0) is 66.2 Å². The van der Waals surface area contributed by atoms with E-state index in [4.69, 9.17) is 16.3 Å². The zero-order chi connectivity index (χ0) is 26.6. The van der Waals surface area contributed by atoms with Crippen LogP contribution in [0.5, 0.6) is 5.75 Å². The molecule has 0 unspecified atom stereocenters. The van der Waals surface area contributed by atoms with Crippen LogP contribution in [0, 0.1) is 0 Å². The zero-order valence-electron chi connectivity index (χ0n) is 20.7. The maximum Gasteiger partial charge on any atom is 0.271 e. The van der Waals surface area contributed by atoms with Crippen molar-refractivity contribution >= 4 is 40.4 Å². The number of hydrogen-bond acceptors (Lipinski definition) is 5. The predicted molar refractivity (Wildman–Crippen MR) is 147 cm³/mol. The Kier molecular flexibility index (Phi) is 5.77. The predicted octanol–water partition coefficient (Wildman–Crippen LogP) is 5.72. The summed E-state index contributed by atoms with van der Waals surface area (Å²) in [5, 5.41) is 0.564. The number of ether oxygens (including phenoxy) is 1. The highest BCUT2D eigenvalue weighted by atomic mass is 35.5. The van der Waals surface area contributed by atoms with E-state index in [1.165, 1.54) is 0 Å². The van der Waals surface area contributed by atoms with E-state index >= 15 is 0 Å². The minimum Gasteiger partial charge on any atom is -0.478 e. The number of carbonyl (C=O) groups is 3. The van der Waals surface area contributed by atoms with E-state index in [9.17, 15) is 14.4 Å². The van der Waals surface area contributed by atoms with Crippen molar-refractivity contribution in [2.45, 2.75) is 12.1 Å². The van der Waals surface area contributed by atoms with E-state index in [0.29, 0.717) is 44.3 Å². The second-order valence-electron chi connectivity index (χ2n) is 9.57. The van der Waals surface area contributed by atoms with Gasteiger partial charge in [-0.25, -0.2) is 0 Å². The van der Waals surface area contributed by atoms with Crippen LogP contribution in [0.15, 0.2) is 91.0 Å². The van der Waals surface area contributed by atoms with Crippen molar-refractivity contribution in [3.63, 3.8) is 0 Å². The number of rotatable bonds is 5. The fraction of sp³-hybridized carbons (Fsp3) is 0.129. The lowest BCUT2D eigenvalue weighted by atomic mass is 9.81. The molecule has 7 heteroatoms. The van der Waals surface area contributed by atoms with Gasteiger partial charge in [0.25, 0.3) is 5.91 Å². The molecule has 188 valence electrons. The second kappa shape index (κ2) is 9.15. The summed E-state index contributed by atoms with van der Waals surface area (Å²) in [5.74, 6) is -0.0807. The summed E-state index contributed by atoms with van der Waals surface area (Å²) in [6.45, 7) is 0. The Morgan fingerprint density at radius 2 is 1.34 bits per heavy atom. The second-order valence-corrected chi connectivity index (χ2v) is 10.0. The summed E-state index contributed by atoms with van der Waals surface area (Å²) in [6.07, 6.45) is -0.815. The number of fused-ring (bicyclic) bond motifs is 2. The molecule has 4 aromatic carbocycles. The Morgan fingerprint density at radius 3 is 1.97 bits per heavy atom. The maximum absolute atomic E-state index is 13.4. The van der Waals surface area contributed by atoms with Gasteiger partial charge in [-0.3, -0.25) is 19.3 Å². The highest BCUT2D eigenvalue weighted by molar-refractivity contribution is 6.30. The Hall–Kier alpha value is -4.42. The van der Waals surface area contributed by atoms with E-state index in [-0.39, 0.29) is 17.5 Å². The molecule has 38 heavy (non-hydrogen) atoms. The van der Waals surface area contributed by atoms with Crippen LogP contribution in [0.25, 0.3) is 0 Å². The minimum atomic E-state index is -0.815. The fourth-order valence-corrected chi connectivity index (χ4v) is 5.19. The molecule has 0 N–H and O–H groups in total. The van der Waals surface area contributed by atoms with Gasteiger partial charge < -0.3 is 9.64 Å². The third-order valence-electron chi connectivity index (χ3n) is 7.06. The van der Waals surface area contributed by atoms with Crippen LogP contribution < -0.4 is 14.5 Å². The van der Waals surface area contributed by atoms with Gasteiger partial charge >= 0.3 is 0 Å². The van der Waals surface area contributed by atoms with Gasteiger partial charge in [-0.15, -0.1) is 0 Å². The van der Waals surface area contributed by atoms with Crippen LogP contribution in [0.1, 0.15) is 43.4 Å². The molecule has 0 radical (unpaired) electrons. The van der Waals surface area contributed by atoms with Gasteiger partial charge in [0.2, 0.25) is 6.10 Å². The molecule has 6 rings (SSSR count). The topological polar surface area (TPSA) is 66.9 Å². The van der Waals surface area contributed by atoms with Gasteiger partial charge in [-0.2, -0.15) is 0 Å². The first-order valence-electron chi connectivity index (χ1n) is 12.2. The Labute approximate surface area is 225 Å². The molecule has 6 nitrogen and oxygen atoms in total. The zero-order valence-corrected chi connectivity index (χ0v) is 21.5. The average molecular weight is 523 g/mol. The molecule has 1 amide bonds. The van der Waals surface area contributed by atoms with Crippen molar-refractivity contribution in [1.82, 2.24) is 0 Å². The number of halogens is 1. The first kappa shape index (κ1) is 23.9. The number of amides is 1. The van der Waals surface area contributed by atoms with Crippen molar-refractivity contribution in [3.8, 4) is 5.75 Å². The van der Waals surface area contributed by atoms with Crippen LogP contribution in [0.3, 0.4) is 0 Å². The fourth-order valence-electron chi connectivity index (χ4n) is 5.06. The van der Waals surface area contributed by atoms with Gasteiger partial charge in [-0.1, -0.05) is 41.9 Å². The molecule has 1 fully saturated rings. The smallest absolute Gasteiger partial charge is 0.271 e. The Bertz CT molecular complexity index is 1600. The molecule has 0 bridgehead atoms. The third-order valence-corrected chi connectivity index (χ3v) is 7.31. The summed E-state index contributed by atoms with van der Waals surface area (Å²) < 4.78 is 6.14. The molecule has 0 saturated carbocycles. The lowest BCUT2D eigenvalue weighted by molar-refractivity contribution is -0.135.